The summed E-state index contributed by atoms with van der Waals surface area (Å²) < 4.78 is 5.57. The van der Waals surface area contributed by atoms with Gasteiger partial charge in [0.2, 0.25) is 6.10 Å². The Hall–Kier alpha value is -2.82. The van der Waals surface area contributed by atoms with Crippen LogP contribution in [-0.2, 0) is 9.53 Å². The molecule has 1 saturated heterocycles. The number of nitrogen functional groups attached to an aromatic ring is 1. The van der Waals surface area contributed by atoms with Crippen LogP contribution in [0.4, 0.5) is 5.69 Å². The van der Waals surface area contributed by atoms with E-state index in [0.29, 0.717) is 29.9 Å². The van der Waals surface area contributed by atoms with Crippen molar-refractivity contribution >= 4 is 17.6 Å². The molecule has 2 N–H and O–H groups in total. The molecule has 1 aliphatic heterocycles. The summed E-state index contributed by atoms with van der Waals surface area (Å²) in [5.41, 5.74) is 7.26. The van der Waals surface area contributed by atoms with Crippen LogP contribution in [0.2, 0.25) is 0 Å². The minimum atomic E-state index is -0.922. The minimum Gasteiger partial charge on any atom is -0.444 e. The number of anilines is 1. The highest BCUT2D eigenvalue weighted by Gasteiger charge is 2.31. The predicted molar refractivity (Wildman–Crippen MR) is 91.3 cm³/mol. The number of nitrogens with two attached hydrogens (primary N) is 1. The van der Waals surface area contributed by atoms with Gasteiger partial charge in [0.25, 0.3) is 5.91 Å². The standard InChI is InChI=1S/C19H20N2O3/c20-16-10-8-15(9-11-16)19(23)24-17(14-6-2-1-3-7-14)18(22)21-12-4-5-13-21/h1-3,6-11,17H,4-5,12-13,20H2/t17-/m1/s1. The number of hydrogen-bond acceptors (Lipinski definition) is 4. The molecule has 5 heteroatoms. The van der Waals surface area contributed by atoms with Gasteiger partial charge in [-0.2, -0.15) is 0 Å². The van der Waals surface area contributed by atoms with Crippen LogP contribution in [0.5, 0.6) is 0 Å². The number of carbonyl (C=O) groups excluding carboxylic acids is 2. The Kier molecular flexibility index (Phi) is 4.79. The van der Waals surface area contributed by atoms with Crippen LogP contribution in [-0.4, -0.2) is 29.9 Å². The first-order valence-corrected chi connectivity index (χ1v) is 8.05. The molecule has 1 heterocycles. The molecule has 1 aliphatic rings. The van der Waals surface area contributed by atoms with E-state index >= 15 is 0 Å². The van der Waals surface area contributed by atoms with Gasteiger partial charge in [0.15, 0.2) is 0 Å². The zero-order valence-corrected chi connectivity index (χ0v) is 13.4. The molecule has 0 spiro atoms. The second-order valence-corrected chi connectivity index (χ2v) is 5.85. The van der Waals surface area contributed by atoms with Gasteiger partial charge in [-0.25, -0.2) is 4.79 Å². The van der Waals surface area contributed by atoms with Crippen molar-refractivity contribution in [3.8, 4) is 0 Å². The number of carbonyl (C=O) groups is 2. The zero-order chi connectivity index (χ0) is 16.9. The summed E-state index contributed by atoms with van der Waals surface area (Å²) in [4.78, 5) is 27.0. The third kappa shape index (κ3) is 3.56. The van der Waals surface area contributed by atoms with E-state index < -0.39 is 12.1 Å². The van der Waals surface area contributed by atoms with Crippen LogP contribution in [0.15, 0.2) is 54.6 Å². The van der Waals surface area contributed by atoms with Crippen molar-refractivity contribution < 1.29 is 14.3 Å². The van der Waals surface area contributed by atoms with E-state index in [9.17, 15) is 9.59 Å². The molecular weight excluding hydrogens is 304 g/mol. The van der Waals surface area contributed by atoms with Crippen molar-refractivity contribution in [3.63, 3.8) is 0 Å². The highest BCUT2D eigenvalue weighted by Crippen LogP contribution is 2.24. The van der Waals surface area contributed by atoms with Gasteiger partial charge in [0, 0.05) is 24.3 Å². The molecular formula is C19H20N2O3. The summed E-state index contributed by atoms with van der Waals surface area (Å²) in [5.74, 6) is -0.695. The summed E-state index contributed by atoms with van der Waals surface area (Å²) in [6.07, 6.45) is 1.05. The zero-order valence-electron chi connectivity index (χ0n) is 13.4. The Bertz CT molecular complexity index is 707. The number of nitrogens with zero attached hydrogens (tertiary/aromatic N) is 1. The topological polar surface area (TPSA) is 72.6 Å². The molecule has 0 radical (unpaired) electrons. The smallest absolute Gasteiger partial charge is 0.339 e. The molecule has 0 aromatic heterocycles. The maximum absolute atomic E-state index is 12.8. The lowest BCUT2D eigenvalue weighted by Gasteiger charge is -2.23. The Morgan fingerprint density at radius 2 is 1.58 bits per heavy atom. The van der Waals surface area contributed by atoms with Crippen LogP contribution in [0.3, 0.4) is 0 Å². The van der Waals surface area contributed by atoms with Gasteiger partial charge >= 0.3 is 5.97 Å². The molecule has 24 heavy (non-hydrogen) atoms. The average Bonchev–Trinajstić information content (AvgIpc) is 3.15. The van der Waals surface area contributed by atoms with E-state index in [4.69, 9.17) is 10.5 Å². The third-order valence-corrected chi connectivity index (χ3v) is 4.12. The maximum Gasteiger partial charge on any atom is 0.339 e. The summed E-state index contributed by atoms with van der Waals surface area (Å²) >= 11 is 0. The van der Waals surface area contributed by atoms with Crippen molar-refractivity contribution in [2.24, 2.45) is 0 Å². The molecule has 1 amide bonds. The molecule has 2 aromatic rings. The van der Waals surface area contributed by atoms with Gasteiger partial charge in [0.1, 0.15) is 0 Å². The molecule has 124 valence electrons. The van der Waals surface area contributed by atoms with E-state index in [1.165, 1.54) is 0 Å². The van der Waals surface area contributed by atoms with Gasteiger partial charge in [-0.15, -0.1) is 0 Å². The highest BCUT2D eigenvalue weighted by atomic mass is 16.5. The molecule has 1 fully saturated rings. The molecule has 2 aromatic carbocycles. The number of benzene rings is 2. The molecule has 1 atom stereocenters. The largest absolute Gasteiger partial charge is 0.444 e. The van der Waals surface area contributed by atoms with Gasteiger partial charge in [0.05, 0.1) is 5.56 Å². The van der Waals surface area contributed by atoms with E-state index in [1.807, 2.05) is 18.2 Å². The summed E-state index contributed by atoms with van der Waals surface area (Å²) in [6.45, 7) is 1.42. The summed E-state index contributed by atoms with van der Waals surface area (Å²) in [6, 6.07) is 15.6. The fraction of sp³-hybridized carbons (Fsp3) is 0.263. The lowest BCUT2D eigenvalue weighted by Crippen LogP contribution is -2.34. The molecule has 0 saturated carbocycles. The van der Waals surface area contributed by atoms with Crippen molar-refractivity contribution in [2.75, 3.05) is 18.8 Å². The fourth-order valence-corrected chi connectivity index (χ4v) is 2.79. The van der Waals surface area contributed by atoms with Crippen molar-refractivity contribution in [1.29, 1.82) is 0 Å². The molecule has 0 aliphatic carbocycles. The van der Waals surface area contributed by atoms with Crippen molar-refractivity contribution in [3.05, 3.63) is 65.7 Å². The van der Waals surface area contributed by atoms with Gasteiger partial charge < -0.3 is 15.4 Å². The average molecular weight is 324 g/mol. The SMILES string of the molecule is Nc1ccc(C(=O)O[C@@H](C(=O)N2CCCC2)c2ccccc2)cc1. The van der Waals surface area contributed by atoms with E-state index in [-0.39, 0.29) is 5.91 Å². The quantitative estimate of drug-likeness (QED) is 0.693. The van der Waals surface area contributed by atoms with Crippen molar-refractivity contribution in [2.45, 2.75) is 18.9 Å². The Labute approximate surface area is 141 Å². The van der Waals surface area contributed by atoms with Crippen molar-refractivity contribution in [1.82, 2.24) is 4.90 Å². The Morgan fingerprint density at radius 3 is 2.21 bits per heavy atom. The lowest BCUT2D eigenvalue weighted by atomic mass is 10.1. The lowest BCUT2D eigenvalue weighted by molar-refractivity contribution is -0.140. The first-order valence-electron chi connectivity index (χ1n) is 8.05. The number of esters is 1. The van der Waals surface area contributed by atoms with Crippen LogP contribution in [0.1, 0.15) is 34.9 Å². The van der Waals surface area contributed by atoms with Gasteiger partial charge in [-0.3, -0.25) is 4.79 Å². The second-order valence-electron chi connectivity index (χ2n) is 5.85. The molecule has 0 bridgehead atoms. The number of amides is 1. The number of rotatable bonds is 4. The number of hydrogen-bond donors (Lipinski definition) is 1. The normalized spacial score (nSPS) is 15.1. The number of likely N-dealkylation sites (tertiary alicyclic amines) is 1. The highest BCUT2D eigenvalue weighted by molar-refractivity contribution is 5.93. The third-order valence-electron chi connectivity index (χ3n) is 4.12. The van der Waals surface area contributed by atoms with Gasteiger partial charge in [-0.1, -0.05) is 30.3 Å². The maximum atomic E-state index is 12.8. The Morgan fingerprint density at radius 1 is 0.958 bits per heavy atom. The Balaban J connectivity index is 1.83. The fourth-order valence-electron chi connectivity index (χ4n) is 2.79. The minimum absolute atomic E-state index is 0.164. The first kappa shape index (κ1) is 16.1. The van der Waals surface area contributed by atoms with E-state index in [0.717, 1.165) is 12.8 Å². The van der Waals surface area contributed by atoms with E-state index in [1.54, 1.807) is 41.3 Å². The van der Waals surface area contributed by atoms with Crippen LogP contribution >= 0.6 is 0 Å². The molecule has 0 unspecified atom stereocenters. The van der Waals surface area contributed by atoms with Crippen LogP contribution in [0, 0.1) is 0 Å². The van der Waals surface area contributed by atoms with Crippen LogP contribution in [0.25, 0.3) is 0 Å². The number of ether oxygens (including phenoxy) is 1. The summed E-state index contributed by atoms with van der Waals surface area (Å²) in [5, 5.41) is 0. The molecule has 5 nitrogen and oxygen atoms in total. The molecule has 3 rings (SSSR count). The monoisotopic (exact) mass is 324 g/mol. The summed E-state index contributed by atoms with van der Waals surface area (Å²) in [7, 11) is 0. The predicted octanol–water partition coefficient (Wildman–Crippen LogP) is 2.79. The first-order chi connectivity index (χ1) is 11.6. The van der Waals surface area contributed by atoms with Crippen LogP contribution < -0.4 is 5.73 Å². The van der Waals surface area contributed by atoms with E-state index in [2.05, 4.69) is 0 Å². The van der Waals surface area contributed by atoms with Gasteiger partial charge in [-0.05, 0) is 37.1 Å². The second kappa shape index (κ2) is 7.17.